The van der Waals surface area contributed by atoms with Crippen LogP contribution in [0.3, 0.4) is 0 Å². The molecule has 1 amide bonds. The van der Waals surface area contributed by atoms with E-state index >= 15 is 0 Å². The van der Waals surface area contributed by atoms with Gasteiger partial charge in [0.2, 0.25) is 5.88 Å². The van der Waals surface area contributed by atoms with E-state index in [1.165, 1.54) is 6.42 Å². The van der Waals surface area contributed by atoms with Gasteiger partial charge in [-0.25, -0.2) is 4.68 Å². The fourth-order valence-electron chi connectivity index (χ4n) is 3.67. The Bertz CT molecular complexity index is 959. The molecule has 0 spiro atoms. The molecule has 140 valence electrons. The number of fused-ring (bicyclic) bond motifs is 1. The first-order valence-corrected chi connectivity index (χ1v) is 9.46. The molecular weight excluding hydrogens is 340 g/mol. The standard InChI is InChI=1S/C21H24N4O2/c1-15-13-18(27-14-19(26)24-11-7-4-8-12-24)22-21-20(15)16(2)23-25(21)17-9-5-3-6-10-17/h3,5-6,9-10,13H,4,7-8,11-12,14H2,1-2H3. The van der Waals surface area contributed by atoms with Gasteiger partial charge < -0.3 is 9.64 Å². The van der Waals surface area contributed by atoms with Crippen LogP contribution < -0.4 is 4.74 Å². The highest BCUT2D eigenvalue weighted by molar-refractivity contribution is 5.84. The molecule has 4 rings (SSSR count). The topological polar surface area (TPSA) is 60.2 Å². The molecule has 0 aliphatic carbocycles. The fraction of sp³-hybridized carbons (Fsp3) is 0.381. The summed E-state index contributed by atoms with van der Waals surface area (Å²) in [7, 11) is 0. The lowest BCUT2D eigenvalue weighted by Crippen LogP contribution is -2.38. The highest BCUT2D eigenvalue weighted by Gasteiger charge is 2.18. The maximum atomic E-state index is 12.4. The van der Waals surface area contributed by atoms with E-state index in [2.05, 4.69) is 10.1 Å². The Morgan fingerprint density at radius 1 is 1.11 bits per heavy atom. The van der Waals surface area contributed by atoms with Gasteiger partial charge in [0.25, 0.3) is 5.91 Å². The first kappa shape index (κ1) is 17.5. The van der Waals surface area contributed by atoms with Crippen molar-refractivity contribution in [1.29, 1.82) is 0 Å². The van der Waals surface area contributed by atoms with Gasteiger partial charge in [-0.3, -0.25) is 4.79 Å². The van der Waals surface area contributed by atoms with Gasteiger partial charge in [0, 0.05) is 24.5 Å². The normalized spacial score (nSPS) is 14.5. The Morgan fingerprint density at radius 3 is 2.59 bits per heavy atom. The SMILES string of the molecule is Cc1cc(OCC(=O)N2CCCCC2)nc2c1c(C)nn2-c1ccccc1. The molecule has 3 aromatic rings. The first-order chi connectivity index (χ1) is 13.1. The molecule has 0 unspecified atom stereocenters. The molecule has 1 saturated heterocycles. The molecule has 0 radical (unpaired) electrons. The van der Waals surface area contributed by atoms with Gasteiger partial charge in [-0.1, -0.05) is 18.2 Å². The van der Waals surface area contributed by atoms with Crippen molar-refractivity contribution >= 4 is 16.9 Å². The van der Waals surface area contributed by atoms with Crippen molar-refractivity contribution < 1.29 is 9.53 Å². The van der Waals surface area contributed by atoms with E-state index in [4.69, 9.17) is 4.74 Å². The number of para-hydroxylation sites is 1. The summed E-state index contributed by atoms with van der Waals surface area (Å²) < 4.78 is 7.60. The second kappa shape index (κ2) is 7.39. The number of aryl methyl sites for hydroxylation is 2. The molecule has 27 heavy (non-hydrogen) atoms. The van der Waals surface area contributed by atoms with Crippen molar-refractivity contribution in [3.05, 3.63) is 47.7 Å². The lowest BCUT2D eigenvalue weighted by atomic mass is 10.1. The molecule has 1 fully saturated rings. The van der Waals surface area contributed by atoms with Crippen LogP contribution in [0.4, 0.5) is 0 Å². The number of pyridine rings is 1. The third kappa shape index (κ3) is 3.52. The fourth-order valence-corrected chi connectivity index (χ4v) is 3.67. The van der Waals surface area contributed by atoms with Gasteiger partial charge in [-0.05, 0) is 50.8 Å². The zero-order valence-electron chi connectivity index (χ0n) is 15.8. The minimum absolute atomic E-state index is 0.0242. The molecule has 1 aliphatic heterocycles. The second-order valence-corrected chi connectivity index (χ2v) is 7.04. The average molecular weight is 364 g/mol. The van der Waals surface area contributed by atoms with Gasteiger partial charge in [0.15, 0.2) is 12.3 Å². The summed E-state index contributed by atoms with van der Waals surface area (Å²) in [6.45, 7) is 5.68. The molecule has 3 heterocycles. The number of hydrogen-bond donors (Lipinski definition) is 0. The third-order valence-corrected chi connectivity index (χ3v) is 5.04. The van der Waals surface area contributed by atoms with Crippen LogP contribution in [0.25, 0.3) is 16.7 Å². The third-order valence-electron chi connectivity index (χ3n) is 5.04. The number of aromatic nitrogens is 3. The largest absolute Gasteiger partial charge is 0.467 e. The molecule has 1 aromatic carbocycles. The van der Waals surface area contributed by atoms with Gasteiger partial charge >= 0.3 is 0 Å². The quantitative estimate of drug-likeness (QED) is 0.712. The molecule has 0 atom stereocenters. The maximum absolute atomic E-state index is 12.4. The van der Waals surface area contributed by atoms with Crippen LogP contribution >= 0.6 is 0 Å². The summed E-state index contributed by atoms with van der Waals surface area (Å²) in [4.78, 5) is 18.9. The Balaban J connectivity index is 1.61. The van der Waals surface area contributed by atoms with Crippen LogP contribution in [0.2, 0.25) is 0 Å². The average Bonchev–Trinajstić information content (AvgIpc) is 3.04. The number of benzene rings is 1. The van der Waals surface area contributed by atoms with Crippen LogP contribution in [0.5, 0.6) is 5.88 Å². The Morgan fingerprint density at radius 2 is 1.85 bits per heavy atom. The van der Waals surface area contributed by atoms with Crippen LogP contribution in [0.1, 0.15) is 30.5 Å². The van der Waals surface area contributed by atoms with Crippen molar-refractivity contribution in [1.82, 2.24) is 19.7 Å². The van der Waals surface area contributed by atoms with Crippen molar-refractivity contribution in [3.8, 4) is 11.6 Å². The molecule has 2 aromatic heterocycles. The molecule has 6 heteroatoms. The molecule has 6 nitrogen and oxygen atoms in total. The van der Waals surface area contributed by atoms with Crippen LogP contribution in [0, 0.1) is 13.8 Å². The zero-order chi connectivity index (χ0) is 18.8. The van der Waals surface area contributed by atoms with Gasteiger partial charge in [0.1, 0.15) is 0 Å². The highest BCUT2D eigenvalue weighted by Crippen LogP contribution is 2.26. The minimum Gasteiger partial charge on any atom is -0.467 e. The van der Waals surface area contributed by atoms with Crippen molar-refractivity contribution in [3.63, 3.8) is 0 Å². The summed E-state index contributed by atoms with van der Waals surface area (Å²) in [5.74, 6) is 0.490. The number of piperidine rings is 1. The summed E-state index contributed by atoms with van der Waals surface area (Å²) in [6, 6.07) is 11.8. The summed E-state index contributed by atoms with van der Waals surface area (Å²) in [6.07, 6.45) is 3.35. The van der Waals surface area contributed by atoms with E-state index in [0.29, 0.717) is 5.88 Å². The second-order valence-electron chi connectivity index (χ2n) is 7.04. The van der Waals surface area contributed by atoms with E-state index in [0.717, 1.165) is 53.9 Å². The number of likely N-dealkylation sites (tertiary alicyclic amines) is 1. The maximum Gasteiger partial charge on any atom is 0.260 e. The lowest BCUT2D eigenvalue weighted by molar-refractivity contribution is -0.134. The van der Waals surface area contributed by atoms with E-state index in [1.807, 2.05) is 59.8 Å². The summed E-state index contributed by atoms with van der Waals surface area (Å²) >= 11 is 0. The first-order valence-electron chi connectivity index (χ1n) is 9.46. The van der Waals surface area contributed by atoms with E-state index in [-0.39, 0.29) is 12.5 Å². The summed E-state index contributed by atoms with van der Waals surface area (Å²) in [5.41, 5.74) is 3.66. The Hall–Kier alpha value is -2.89. The molecule has 1 aliphatic rings. The van der Waals surface area contributed by atoms with Crippen LogP contribution in [-0.2, 0) is 4.79 Å². The van der Waals surface area contributed by atoms with Gasteiger partial charge in [-0.2, -0.15) is 10.1 Å². The predicted molar refractivity (Wildman–Crippen MR) is 104 cm³/mol. The Kier molecular flexibility index (Phi) is 4.79. The van der Waals surface area contributed by atoms with Crippen molar-refractivity contribution in [2.75, 3.05) is 19.7 Å². The number of carbonyl (C=O) groups excluding carboxylic acids is 1. The predicted octanol–water partition coefficient (Wildman–Crippen LogP) is 3.43. The smallest absolute Gasteiger partial charge is 0.260 e. The highest BCUT2D eigenvalue weighted by atomic mass is 16.5. The van der Waals surface area contributed by atoms with Gasteiger partial charge in [0.05, 0.1) is 11.4 Å². The number of nitrogens with zero attached hydrogens (tertiary/aromatic N) is 4. The number of amides is 1. The Labute approximate surface area is 158 Å². The van der Waals surface area contributed by atoms with Crippen LogP contribution in [-0.4, -0.2) is 45.3 Å². The molecule has 0 N–H and O–H groups in total. The number of ether oxygens (including phenoxy) is 1. The molecule has 0 saturated carbocycles. The van der Waals surface area contributed by atoms with Crippen LogP contribution in [0.15, 0.2) is 36.4 Å². The van der Waals surface area contributed by atoms with E-state index < -0.39 is 0 Å². The minimum atomic E-state index is 0.0242. The lowest BCUT2D eigenvalue weighted by Gasteiger charge is -2.26. The number of carbonyl (C=O) groups is 1. The van der Waals surface area contributed by atoms with E-state index in [1.54, 1.807) is 0 Å². The molecular formula is C21H24N4O2. The van der Waals surface area contributed by atoms with E-state index in [9.17, 15) is 4.79 Å². The van der Waals surface area contributed by atoms with Gasteiger partial charge in [-0.15, -0.1) is 0 Å². The van der Waals surface area contributed by atoms with Crippen molar-refractivity contribution in [2.45, 2.75) is 33.1 Å². The number of hydrogen-bond acceptors (Lipinski definition) is 4. The number of rotatable bonds is 4. The zero-order valence-corrected chi connectivity index (χ0v) is 15.8. The monoisotopic (exact) mass is 364 g/mol. The molecule has 0 bridgehead atoms. The van der Waals surface area contributed by atoms with Crippen molar-refractivity contribution in [2.24, 2.45) is 0 Å². The summed E-state index contributed by atoms with van der Waals surface area (Å²) in [5, 5.41) is 5.68.